The third-order valence-electron chi connectivity index (χ3n) is 4.08. The predicted octanol–water partition coefficient (Wildman–Crippen LogP) is 5.20. The zero-order chi connectivity index (χ0) is 20.8. The molecule has 29 heavy (non-hydrogen) atoms. The maximum atomic E-state index is 13.8. The van der Waals surface area contributed by atoms with Gasteiger partial charge in [0.05, 0.1) is 5.25 Å². The molecule has 5 nitrogen and oxygen atoms in total. The number of carbonyl (C=O) groups is 1. The second-order valence-corrected chi connectivity index (χ2v) is 7.89. The lowest BCUT2D eigenvalue weighted by Gasteiger charge is -2.12. The van der Waals surface area contributed by atoms with Crippen LogP contribution in [0.5, 0.6) is 5.75 Å². The highest BCUT2D eigenvalue weighted by Gasteiger charge is 2.21. The van der Waals surface area contributed by atoms with E-state index in [9.17, 15) is 9.18 Å². The van der Waals surface area contributed by atoms with Crippen LogP contribution in [-0.2, 0) is 13.2 Å². The van der Waals surface area contributed by atoms with Gasteiger partial charge in [-0.05, 0) is 43.3 Å². The van der Waals surface area contributed by atoms with Gasteiger partial charge in [0.2, 0.25) is 0 Å². The number of benzene rings is 2. The summed E-state index contributed by atoms with van der Waals surface area (Å²) in [5.74, 6) is 0.172. The molecular formula is C21H19ClFN3O2S. The number of halogens is 2. The van der Waals surface area contributed by atoms with Crippen molar-refractivity contribution in [2.45, 2.75) is 30.5 Å². The summed E-state index contributed by atoms with van der Waals surface area (Å²) in [6.07, 6.45) is 1.70. The molecule has 0 aliphatic rings. The first-order valence-electron chi connectivity index (χ1n) is 8.86. The van der Waals surface area contributed by atoms with Gasteiger partial charge in [-0.1, -0.05) is 41.6 Å². The van der Waals surface area contributed by atoms with Crippen LogP contribution >= 0.6 is 23.4 Å². The Hall–Kier alpha value is -2.64. The Morgan fingerprint density at radius 1 is 1.28 bits per heavy atom. The first kappa shape index (κ1) is 21.1. The van der Waals surface area contributed by atoms with Crippen LogP contribution in [0.15, 0.2) is 66.3 Å². The summed E-state index contributed by atoms with van der Waals surface area (Å²) in [5, 5.41) is 9.08. The van der Waals surface area contributed by atoms with Crippen molar-refractivity contribution in [3.05, 3.63) is 83.4 Å². The SMILES string of the molecule is C=CCn1c(COc2ccccc2F)nnc1SC(C)C(=O)c1ccc(Cl)cc1. The first-order valence-corrected chi connectivity index (χ1v) is 10.1. The van der Waals surface area contributed by atoms with Crippen LogP contribution < -0.4 is 4.74 Å². The summed E-state index contributed by atoms with van der Waals surface area (Å²) in [5.41, 5.74) is 0.576. The molecule has 1 heterocycles. The number of nitrogens with zero attached hydrogens (tertiary/aromatic N) is 3. The summed E-state index contributed by atoms with van der Waals surface area (Å²) < 4.78 is 21.1. The molecule has 150 valence electrons. The second-order valence-electron chi connectivity index (χ2n) is 6.15. The van der Waals surface area contributed by atoms with Gasteiger partial charge >= 0.3 is 0 Å². The van der Waals surface area contributed by atoms with Crippen molar-refractivity contribution in [2.24, 2.45) is 0 Å². The molecule has 0 amide bonds. The standard InChI is InChI=1S/C21H19ClFN3O2S/c1-3-12-26-19(13-28-18-7-5-4-6-17(18)23)24-25-21(26)29-14(2)20(27)15-8-10-16(22)11-9-15/h3-11,14H,1,12-13H2,2H3. The van der Waals surface area contributed by atoms with Crippen LogP contribution in [0.1, 0.15) is 23.1 Å². The number of allylic oxidation sites excluding steroid dienone is 1. The highest BCUT2D eigenvalue weighted by molar-refractivity contribution is 8.00. The number of ketones is 1. The van der Waals surface area contributed by atoms with E-state index in [-0.39, 0.29) is 23.4 Å². The van der Waals surface area contributed by atoms with Gasteiger partial charge in [-0.3, -0.25) is 9.36 Å². The van der Waals surface area contributed by atoms with Crippen molar-refractivity contribution in [3.63, 3.8) is 0 Å². The third kappa shape index (κ3) is 5.25. The smallest absolute Gasteiger partial charge is 0.192 e. The number of hydrogen-bond donors (Lipinski definition) is 0. The van der Waals surface area contributed by atoms with E-state index in [1.807, 2.05) is 6.92 Å². The number of thioether (sulfide) groups is 1. The highest BCUT2D eigenvalue weighted by Crippen LogP contribution is 2.26. The van der Waals surface area contributed by atoms with Crippen LogP contribution in [0.4, 0.5) is 4.39 Å². The van der Waals surface area contributed by atoms with Gasteiger partial charge in [0.15, 0.2) is 28.3 Å². The van der Waals surface area contributed by atoms with Crippen molar-refractivity contribution >= 4 is 29.1 Å². The molecule has 0 N–H and O–H groups in total. The van der Waals surface area contributed by atoms with Crippen molar-refractivity contribution in [3.8, 4) is 5.75 Å². The Labute approximate surface area is 177 Å². The summed E-state index contributed by atoms with van der Waals surface area (Å²) in [7, 11) is 0. The minimum Gasteiger partial charge on any atom is -0.483 e. The zero-order valence-corrected chi connectivity index (χ0v) is 17.3. The average molecular weight is 432 g/mol. The van der Waals surface area contributed by atoms with Gasteiger partial charge in [0, 0.05) is 17.1 Å². The van der Waals surface area contributed by atoms with Crippen molar-refractivity contribution in [1.29, 1.82) is 0 Å². The molecule has 0 saturated carbocycles. The van der Waals surface area contributed by atoms with E-state index in [1.165, 1.54) is 17.8 Å². The maximum Gasteiger partial charge on any atom is 0.192 e. The quantitative estimate of drug-likeness (QED) is 0.265. The first-order chi connectivity index (χ1) is 14.0. The van der Waals surface area contributed by atoms with Crippen LogP contribution in [-0.4, -0.2) is 25.8 Å². The average Bonchev–Trinajstić information content (AvgIpc) is 3.09. The van der Waals surface area contributed by atoms with Gasteiger partial charge in [0.1, 0.15) is 6.61 Å². The lowest BCUT2D eigenvalue weighted by atomic mass is 10.1. The molecule has 0 aliphatic carbocycles. The Bertz CT molecular complexity index is 1010. The molecule has 0 aliphatic heterocycles. The Morgan fingerprint density at radius 3 is 2.69 bits per heavy atom. The minimum absolute atomic E-state index is 0.0380. The fourth-order valence-electron chi connectivity index (χ4n) is 2.59. The topological polar surface area (TPSA) is 57.0 Å². The molecule has 0 radical (unpaired) electrons. The van der Waals surface area contributed by atoms with E-state index in [0.717, 1.165) is 0 Å². The largest absolute Gasteiger partial charge is 0.483 e. The summed E-state index contributed by atoms with van der Waals surface area (Å²) >= 11 is 7.18. The molecular weight excluding hydrogens is 413 g/mol. The number of para-hydroxylation sites is 1. The maximum absolute atomic E-state index is 13.8. The van der Waals surface area contributed by atoms with Gasteiger partial charge in [-0.25, -0.2) is 4.39 Å². The molecule has 1 unspecified atom stereocenters. The van der Waals surface area contributed by atoms with Crippen LogP contribution in [0.2, 0.25) is 5.02 Å². The van der Waals surface area contributed by atoms with E-state index in [4.69, 9.17) is 16.3 Å². The Balaban J connectivity index is 1.73. The molecule has 0 bridgehead atoms. The van der Waals surface area contributed by atoms with Gasteiger partial charge in [-0.2, -0.15) is 0 Å². The molecule has 0 fully saturated rings. The van der Waals surface area contributed by atoms with E-state index < -0.39 is 5.82 Å². The molecule has 3 aromatic rings. The summed E-state index contributed by atoms with van der Waals surface area (Å²) in [4.78, 5) is 12.7. The lowest BCUT2D eigenvalue weighted by Crippen LogP contribution is -2.15. The number of Topliss-reactive ketones (excluding diaryl/α,β-unsaturated/α-hetero) is 1. The highest BCUT2D eigenvalue weighted by atomic mass is 35.5. The molecule has 8 heteroatoms. The van der Waals surface area contributed by atoms with E-state index in [1.54, 1.807) is 53.1 Å². The van der Waals surface area contributed by atoms with Crippen LogP contribution in [0, 0.1) is 5.82 Å². The third-order valence-corrected chi connectivity index (χ3v) is 5.41. The molecule has 1 aromatic heterocycles. The number of aromatic nitrogens is 3. The monoisotopic (exact) mass is 431 g/mol. The van der Waals surface area contributed by atoms with Crippen molar-refractivity contribution in [2.75, 3.05) is 0 Å². The number of carbonyl (C=O) groups excluding carboxylic acids is 1. The fourth-order valence-corrected chi connectivity index (χ4v) is 3.67. The molecule has 3 rings (SSSR count). The van der Waals surface area contributed by atoms with Gasteiger partial charge in [-0.15, -0.1) is 16.8 Å². The molecule has 2 aromatic carbocycles. The molecule has 1 atom stereocenters. The van der Waals surface area contributed by atoms with E-state index >= 15 is 0 Å². The van der Waals surface area contributed by atoms with Crippen molar-refractivity contribution in [1.82, 2.24) is 14.8 Å². The number of ether oxygens (including phenoxy) is 1. The summed E-state index contributed by atoms with van der Waals surface area (Å²) in [6.45, 7) is 6.05. The number of hydrogen-bond acceptors (Lipinski definition) is 5. The van der Waals surface area contributed by atoms with E-state index in [2.05, 4.69) is 16.8 Å². The normalized spacial score (nSPS) is 11.8. The minimum atomic E-state index is -0.445. The Kier molecular flexibility index (Phi) is 7.06. The lowest BCUT2D eigenvalue weighted by molar-refractivity contribution is 0.0994. The summed E-state index contributed by atoms with van der Waals surface area (Å²) in [6, 6.07) is 12.9. The van der Waals surface area contributed by atoms with Crippen LogP contribution in [0.25, 0.3) is 0 Å². The second kappa shape index (κ2) is 9.71. The van der Waals surface area contributed by atoms with Gasteiger partial charge in [0.25, 0.3) is 0 Å². The van der Waals surface area contributed by atoms with E-state index in [0.29, 0.717) is 28.1 Å². The van der Waals surface area contributed by atoms with Crippen LogP contribution in [0.3, 0.4) is 0 Å². The predicted molar refractivity (Wildman–Crippen MR) is 112 cm³/mol. The number of rotatable bonds is 9. The Morgan fingerprint density at radius 2 is 2.00 bits per heavy atom. The molecule has 0 saturated heterocycles. The van der Waals surface area contributed by atoms with Crippen molar-refractivity contribution < 1.29 is 13.9 Å². The van der Waals surface area contributed by atoms with Gasteiger partial charge < -0.3 is 4.74 Å². The fraction of sp³-hybridized carbons (Fsp3) is 0.190. The zero-order valence-electron chi connectivity index (χ0n) is 15.7. The molecule has 0 spiro atoms.